The first-order valence-corrected chi connectivity index (χ1v) is 9.00. The van der Waals surface area contributed by atoms with E-state index in [2.05, 4.69) is 16.7 Å². The van der Waals surface area contributed by atoms with Gasteiger partial charge in [-0.3, -0.25) is 4.79 Å². The van der Waals surface area contributed by atoms with Gasteiger partial charge < -0.3 is 19.3 Å². The maximum Gasteiger partial charge on any atom is 0.249 e. The Morgan fingerprint density at radius 2 is 1.91 bits per heavy atom. The first-order valence-electron chi connectivity index (χ1n) is 9.00. The molecular weight excluding hydrogens is 280 g/mol. The maximum atomic E-state index is 12.6. The van der Waals surface area contributed by atoms with Crippen molar-refractivity contribution in [3.05, 3.63) is 0 Å². The van der Waals surface area contributed by atoms with Crippen LogP contribution in [-0.2, 0) is 14.3 Å². The molecule has 3 aliphatic rings. The molecule has 1 unspecified atom stereocenters. The van der Waals surface area contributed by atoms with Crippen LogP contribution in [0.15, 0.2) is 0 Å². The Balaban J connectivity index is 1.45. The van der Waals surface area contributed by atoms with Crippen LogP contribution in [-0.4, -0.2) is 73.3 Å². The van der Waals surface area contributed by atoms with E-state index in [0.717, 1.165) is 51.9 Å². The van der Waals surface area contributed by atoms with Gasteiger partial charge in [-0.15, -0.1) is 0 Å². The minimum atomic E-state index is 0.190. The second-order valence-electron chi connectivity index (χ2n) is 6.85. The van der Waals surface area contributed by atoms with Gasteiger partial charge in [-0.25, -0.2) is 0 Å². The highest BCUT2D eigenvalue weighted by Crippen LogP contribution is 2.32. The Labute approximate surface area is 133 Å². The highest BCUT2D eigenvalue weighted by Gasteiger charge is 2.38. The van der Waals surface area contributed by atoms with E-state index in [1.807, 2.05) is 0 Å². The molecule has 5 heteroatoms. The highest BCUT2D eigenvalue weighted by atomic mass is 16.5. The molecule has 126 valence electrons. The maximum absolute atomic E-state index is 12.6. The molecule has 22 heavy (non-hydrogen) atoms. The van der Waals surface area contributed by atoms with Crippen LogP contribution in [0.3, 0.4) is 0 Å². The number of hydrogen-bond donors (Lipinski definition) is 0. The topological polar surface area (TPSA) is 42.0 Å². The molecule has 0 aromatic rings. The molecule has 1 saturated carbocycles. The molecule has 0 bridgehead atoms. The summed E-state index contributed by atoms with van der Waals surface area (Å²) in [5.74, 6) is 0.190. The lowest BCUT2D eigenvalue weighted by Crippen LogP contribution is -2.49. The fraction of sp³-hybridized carbons (Fsp3) is 0.941. The Morgan fingerprint density at radius 1 is 1.18 bits per heavy atom. The molecule has 2 saturated heterocycles. The van der Waals surface area contributed by atoms with E-state index in [4.69, 9.17) is 9.47 Å². The van der Waals surface area contributed by atoms with Gasteiger partial charge in [-0.05, 0) is 45.1 Å². The molecule has 3 rings (SSSR count). The summed E-state index contributed by atoms with van der Waals surface area (Å²) in [5.41, 5.74) is 0. The van der Waals surface area contributed by atoms with Crippen LogP contribution in [0.2, 0.25) is 0 Å². The van der Waals surface area contributed by atoms with Gasteiger partial charge in [0.1, 0.15) is 6.61 Å². The zero-order valence-corrected chi connectivity index (χ0v) is 13.8. The van der Waals surface area contributed by atoms with Gasteiger partial charge in [0.05, 0.1) is 12.7 Å². The van der Waals surface area contributed by atoms with Crippen LogP contribution in [0.25, 0.3) is 0 Å². The number of ether oxygens (including phenoxy) is 2. The molecule has 5 nitrogen and oxygen atoms in total. The molecule has 0 spiro atoms. The average Bonchev–Trinajstić information content (AvgIpc) is 3.23. The number of likely N-dealkylation sites (tertiary alicyclic amines) is 1. The zero-order valence-electron chi connectivity index (χ0n) is 13.8. The second kappa shape index (κ2) is 7.75. The minimum absolute atomic E-state index is 0.190. The van der Waals surface area contributed by atoms with Crippen LogP contribution < -0.4 is 0 Å². The van der Waals surface area contributed by atoms with Gasteiger partial charge in [0.15, 0.2) is 0 Å². The lowest BCUT2D eigenvalue weighted by molar-refractivity contribution is -0.141. The normalized spacial score (nSPS) is 27.2. The van der Waals surface area contributed by atoms with E-state index in [-0.39, 0.29) is 18.6 Å². The smallest absolute Gasteiger partial charge is 0.249 e. The quantitative estimate of drug-likeness (QED) is 0.717. The SMILES string of the molecule is CCN1CCC(N(C(=O)COCC2CCCO2)C2CC2)CC1. The highest BCUT2D eigenvalue weighted by molar-refractivity contribution is 5.78. The molecule has 1 amide bonds. The molecule has 2 aliphatic heterocycles. The molecule has 1 aliphatic carbocycles. The number of carbonyl (C=O) groups is 1. The molecule has 0 N–H and O–H groups in total. The molecule has 0 aromatic heterocycles. The monoisotopic (exact) mass is 310 g/mol. The summed E-state index contributed by atoms with van der Waals surface area (Å²) in [7, 11) is 0. The van der Waals surface area contributed by atoms with Crippen LogP contribution in [0, 0.1) is 0 Å². The first kappa shape index (κ1) is 16.2. The predicted octanol–water partition coefficient (Wildman–Crippen LogP) is 1.66. The Bertz CT molecular complexity index is 359. The van der Waals surface area contributed by atoms with Gasteiger partial charge in [-0.2, -0.15) is 0 Å². The average molecular weight is 310 g/mol. The number of amides is 1. The first-order chi connectivity index (χ1) is 10.8. The van der Waals surface area contributed by atoms with Crippen LogP contribution in [0.5, 0.6) is 0 Å². The number of rotatable bonds is 7. The Hall–Kier alpha value is -0.650. The van der Waals surface area contributed by atoms with Crippen LogP contribution in [0.1, 0.15) is 45.4 Å². The Morgan fingerprint density at radius 3 is 2.50 bits per heavy atom. The summed E-state index contributed by atoms with van der Waals surface area (Å²) >= 11 is 0. The van der Waals surface area contributed by atoms with Crippen molar-refractivity contribution in [1.29, 1.82) is 0 Å². The van der Waals surface area contributed by atoms with Crippen LogP contribution >= 0.6 is 0 Å². The fourth-order valence-electron chi connectivity index (χ4n) is 3.70. The number of piperidine rings is 1. The largest absolute Gasteiger partial charge is 0.376 e. The lowest BCUT2D eigenvalue weighted by Gasteiger charge is -2.38. The van der Waals surface area contributed by atoms with E-state index >= 15 is 0 Å². The fourth-order valence-corrected chi connectivity index (χ4v) is 3.70. The summed E-state index contributed by atoms with van der Waals surface area (Å²) in [4.78, 5) is 17.2. The predicted molar refractivity (Wildman–Crippen MR) is 84.8 cm³/mol. The van der Waals surface area contributed by atoms with E-state index in [0.29, 0.717) is 18.7 Å². The number of nitrogens with zero attached hydrogens (tertiary/aromatic N) is 2. The summed E-state index contributed by atoms with van der Waals surface area (Å²) < 4.78 is 11.2. The van der Waals surface area contributed by atoms with Crippen molar-refractivity contribution in [1.82, 2.24) is 9.80 Å². The van der Waals surface area contributed by atoms with E-state index in [9.17, 15) is 4.79 Å². The molecule has 0 aromatic carbocycles. The molecular formula is C17H30N2O3. The molecule has 1 atom stereocenters. The van der Waals surface area contributed by atoms with Gasteiger partial charge in [-0.1, -0.05) is 6.92 Å². The van der Waals surface area contributed by atoms with Crippen LogP contribution in [0.4, 0.5) is 0 Å². The van der Waals surface area contributed by atoms with Gasteiger partial charge >= 0.3 is 0 Å². The van der Waals surface area contributed by atoms with Gasteiger partial charge in [0.25, 0.3) is 0 Å². The zero-order chi connectivity index (χ0) is 15.4. The van der Waals surface area contributed by atoms with Gasteiger partial charge in [0.2, 0.25) is 5.91 Å². The summed E-state index contributed by atoms with van der Waals surface area (Å²) in [6.07, 6.45) is 6.96. The van der Waals surface area contributed by atoms with Crippen molar-refractivity contribution < 1.29 is 14.3 Å². The van der Waals surface area contributed by atoms with Crippen molar-refractivity contribution >= 4 is 5.91 Å². The third-order valence-corrected chi connectivity index (χ3v) is 5.18. The van der Waals surface area contributed by atoms with Gasteiger partial charge in [0, 0.05) is 31.8 Å². The van der Waals surface area contributed by atoms with E-state index < -0.39 is 0 Å². The third-order valence-electron chi connectivity index (χ3n) is 5.18. The van der Waals surface area contributed by atoms with Crippen molar-refractivity contribution in [2.75, 3.05) is 39.5 Å². The standard InChI is InChI=1S/C17H30N2O3/c1-2-18-9-7-15(8-10-18)19(14-5-6-14)17(20)13-21-12-16-4-3-11-22-16/h14-16H,2-13H2,1H3. The molecule has 0 radical (unpaired) electrons. The molecule has 3 fully saturated rings. The van der Waals surface area contributed by atoms with Crippen molar-refractivity contribution in [3.63, 3.8) is 0 Å². The van der Waals surface area contributed by atoms with E-state index in [1.54, 1.807) is 0 Å². The van der Waals surface area contributed by atoms with Crippen molar-refractivity contribution in [3.8, 4) is 0 Å². The van der Waals surface area contributed by atoms with E-state index in [1.165, 1.54) is 12.8 Å². The summed E-state index contributed by atoms with van der Waals surface area (Å²) in [6.45, 7) is 7.20. The third kappa shape index (κ3) is 4.21. The summed E-state index contributed by atoms with van der Waals surface area (Å²) in [6, 6.07) is 0.908. The Kier molecular flexibility index (Phi) is 5.71. The van der Waals surface area contributed by atoms with Crippen molar-refractivity contribution in [2.45, 2.75) is 63.6 Å². The lowest BCUT2D eigenvalue weighted by atomic mass is 10.0. The number of hydrogen-bond acceptors (Lipinski definition) is 4. The summed E-state index contributed by atoms with van der Waals surface area (Å²) in [5, 5.41) is 0. The minimum Gasteiger partial charge on any atom is -0.376 e. The number of carbonyl (C=O) groups excluding carboxylic acids is 1. The van der Waals surface area contributed by atoms with Crippen molar-refractivity contribution in [2.24, 2.45) is 0 Å². The molecule has 2 heterocycles. The second-order valence-corrected chi connectivity index (χ2v) is 6.85.